The lowest BCUT2D eigenvalue weighted by atomic mass is 10.1. The molecule has 4 aromatic rings. The molecule has 5 heteroatoms. The van der Waals surface area contributed by atoms with Crippen LogP contribution < -0.4 is 10.6 Å². The highest BCUT2D eigenvalue weighted by atomic mass is 16.1. The average Bonchev–Trinajstić information content (AvgIpc) is 3.18. The van der Waals surface area contributed by atoms with Crippen molar-refractivity contribution in [2.45, 2.75) is 19.8 Å². The van der Waals surface area contributed by atoms with Crippen molar-refractivity contribution in [3.05, 3.63) is 89.7 Å². The van der Waals surface area contributed by atoms with Gasteiger partial charge in [0.15, 0.2) is 0 Å². The van der Waals surface area contributed by atoms with E-state index in [1.807, 2.05) is 36.4 Å². The number of rotatable bonds is 7. The molecule has 3 N–H and O–H groups in total. The number of aromatic nitrogens is 2. The van der Waals surface area contributed by atoms with Crippen LogP contribution in [0.2, 0.25) is 0 Å². The molecule has 146 valence electrons. The maximum atomic E-state index is 12.5. The Hall–Kier alpha value is -3.60. The van der Waals surface area contributed by atoms with Crippen LogP contribution in [0, 0.1) is 0 Å². The molecule has 0 fully saturated rings. The normalized spacial score (nSPS) is 10.8. The van der Waals surface area contributed by atoms with Gasteiger partial charge in [0.1, 0.15) is 5.82 Å². The van der Waals surface area contributed by atoms with E-state index in [1.54, 1.807) is 12.3 Å². The number of benzene rings is 2. The van der Waals surface area contributed by atoms with Gasteiger partial charge in [-0.3, -0.25) is 4.79 Å². The molecule has 1 amide bonds. The number of carbonyl (C=O) groups excluding carboxylic acids is 1. The molecule has 0 saturated carbocycles. The van der Waals surface area contributed by atoms with Gasteiger partial charge in [0.25, 0.3) is 5.91 Å². The number of H-pyrrole nitrogens is 1. The summed E-state index contributed by atoms with van der Waals surface area (Å²) in [5.41, 5.74) is 4.93. The van der Waals surface area contributed by atoms with Crippen molar-refractivity contribution in [3.8, 4) is 0 Å². The summed E-state index contributed by atoms with van der Waals surface area (Å²) in [4.78, 5) is 20.2. The van der Waals surface area contributed by atoms with Crippen LogP contribution in [0.3, 0.4) is 0 Å². The highest BCUT2D eigenvalue weighted by molar-refractivity contribution is 6.04. The molecule has 2 heterocycles. The monoisotopic (exact) mass is 384 g/mol. The van der Waals surface area contributed by atoms with Gasteiger partial charge in [-0.1, -0.05) is 43.3 Å². The minimum Gasteiger partial charge on any atom is -0.370 e. The summed E-state index contributed by atoms with van der Waals surface area (Å²) < 4.78 is 0. The third-order valence-corrected chi connectivity index (χ3v) is 5.05. The molecule has 0 aliphatic carbocycles. The van der Waals surface area contributed by atoms with E-state index in [2.05, 4.69) is 51.9 Å². The Kier molecular flexibility index (Phi) is 5.56. The molecule has 0 atom stereocenters. The van der Waals surface area contributed by atoms with E-state index in [1.165, 1.54) is 10.9 Å². The number of nitrogens with one attached hydrogen (secondary N) is 3. The molecular weight excluding hydrogens is 360 g/mol. The molecule has 0 unspecified atom stereocenters. The summed E-state index contributed by atoms with van der Waals surface area (Å²) in [5, 5.41) is 7.55. The second-order valence-corrected chi connectivity index (χ2v) is 6.93. The van der Waals surface area contributed by atoms with Gasteiger partial charge in [-0.15, -0.1) is 0 Å². The maximum absolute atomic E-state index is 12.5. The van der Waals surface area contributed by atoms with E-state index >= 15 is 0 Å². The molecule has 0 radical (unpaired) electrons. The van der Waals surface area contributed by atoms with Crippen molar-refractivity contribution < 1.29 is 4.79 Å². The fourth-order valence-corrected chi connectivity index (χ4v) is 3.44. The molecule has 0 aliphatic rings. The predicted octanol–water partition coefficient (Wildman–Crippen LogP) is 5.03. The number of carbonyl (C=O) groups is 1. The van der Waals surface area contributed by atoms with Crippen molar-refractivity contribution in [3.63, 3.8) is 0 Å². The van der Waals surface area contributed by atoms with Crippen LogP contribution in [-0.2, 0) is 12.8 Å². The zero-order chi connectivity index (χ0) is 20.1. The Morgan fingerprint density at radius 2 is 1.83 bits per heavy atom. The lowest BCUT2D eigenvalue weighted by Crippen LogP contribution is -2.14. The molecule has 5 nitrogen and oxygen atoms in total. The molecular formula is C24H24N4O. The Bertz CT molecular complexity index is 1120. The van der Waals surface area contributed by atoms with Crippen molar-refractivity contribution >= 4 is 28.3 Å². The summed E-state index contributed by atoms with van der Waals surface area (Å²) in [7, 11) is 0. The second-order valence-electron chi connectivity index (χ2n) is 6.93. The van der Waals surface area contributed by atoms with Gasteiger partial charge >= 0.3 is 0 Å². The number of para-hydroxylation sites is 2. The van der Waals surface area contributed by atoms with Gasteiger partial charge in [-0.05, 0) is 48.2 Å². The molecule has 0 saturated heterocycles. The first-order valence-corrected chi connectivity index (χ1v) is 9.89. The second kappa shape index (κ2) is 8.61. The molecule has 0 aliphatic heterocycles. The average molecular weight is 384 g/mol. The van der Waals surface area contributed by atoms with Gasteiger partial charge in [-0.25, -0.2) is 4.98 Å². The van der Waals surface area contributed by atoms with E-state index in [0.29, 0.717) is 5.56 Å². The van der Waals surface area contributed by atoms with E-state index in [4.69, 9.17) is 0 Å². The van der Waals surface area contributed by atoms with Gasteiger partial charge in [0.05, 0.1) is 5.56 Å². The first kappa shape index (κ1) is 18.7. The molecule has 4 rings (SSSR count). The number of fused-ring (bicyclic) bond motifs is 1. The maximum Gasteiger partial charge on any atom is 0.257 e. The summed E-state index contributed by atoms with van der Waals surface area (Å²) in [5.74, 6) is 0.610. The van der Waals surface area contributed by atoms with Crippen molar-refractivity contribution in [1.29, 1.82) is 0 Å². The third-order valence-electron chi connectivity index (χ3n) is 5.05. The van der Waals surface area contributed by atoms with Crippen LogP contribution in [0.5, 0.6) is 0 Å². The van der Waals surface area contributed by atoms with Crippen LogP contribution in [0.25, 0.3) is 10.9 Å². The highest BCUT2D eigenvalue weighted by Gasteiger charge is 2.09. The summed E-state index contributed by atoms with van der Waals surface area (Å²) in [6.45, 7) is 2.84. The standard InChI is InChI=1S/C24H24N4O/c1-2-17-7-3-5-9-21(17)28-24(29)19-11-12-23(27-16-19)25-14-13-18-15-26-22-10-6-4-8-20(18)22/h3-12,15-16,26H,2,13-14H2,1H3,(H,25,27)(H,28,29). The molecule has 29 heavy (non-hydrogen) atoms. The fourth-order valence-electron chi connectivity index (χ4n) is 3.44. The van der Waals surface area contributed by atoms with Crippen LogP contribution in [-0.4, -0.2) is 22.4 Å². The van der Waals surface area contributed by atoms with E-state index in [9.17, 15) is 4.79 Å². The molecule has 0 bridgehead atoms. The molecule has 0 spiro atoms. The Morgan fingerprint density at radius 3 is 2.66 bits per heavy atom. The predicted molar refractivity (Wildman–Crippen MR) is 119 cm³/mol. The SMILES string of the molecule is CCc1ccccc1NC(=O)c1ccc(NCCc2c[nH]c3ccccc23)nc1. The van der Waals surface area contributed by atoms with Gasteiger partial charge < -0.3 is 15.6 Å². The van der Waals surface area contributed by atoms with E-state index in [-0.39, 0.29) is 5.91 Å². The smallest absolute Gasteiger partial charge is 0.257 e. The minimum absolute atomic E-state index is 0.149. The van der Waals surface area contributed by atoms with Gasteiger partial charge in [-0.2, -0.15) is 0 Å². The number of anilines is 2. The number of aromatic amines is 1. The van der Waals surface area contributed by atoms with Crippen LogP contribution in [0.1, 0.15) is 28.4 Å². The lowest BCUT2D eigenvalue weighted by Gasteiger charge is -2.10. The fraction of sp³-hybridized carbons (Fsp3) is 0.167. The molecule has 2 aromatic heterocycles. The van der Waals surface area contributed by atoms with E-state index < -0.39 is 0 Å². The first-order valence-electron chi connectivity index (χ1n) is 9.89. The topological polar surface area (TPSA) is 69.8 Å². The third kappa shape index (κ3) is 4.29. The number of hydrogen-bond donors (Lipinski definition) is 3. The first-order chi connectivity index (χ1) is 14.2. The zero-order valence-electron chi connectivity index (χ0n) is 16.4. The summed E-state index contributed by atoms with van der Waals surface area (Å²) in [6.07, 6.45) is 5.43. The van der Waals surface area contributed by atoms with E-state index in [0.717, 1.165) is 42.0 Å². The summed E-state index contributed by atoms with van der Waals surface area (Å²) >= 11 is 0. The van der Waals surface area contributed by atoms with Crippen LogP contribution in [0.4, 0.5) is 11.5 Å². The Balaban J connectivity index is 1.34. The van der Waals surface area contributed by atoms with Crippen molar-refractivity contribution in [2.75, 3.05) is 17.2 Å². The van der Waals surface area contributed by atoms with Crippen LogP contribution >= 0.6 is 0 Å². The lowest BCUT2D eigenvalue weighted by molar-refractivity contribution is 0.102. The van der Waals surface area contributed by atoms with Gasteiger partial charge in [0, 0.05) is 35.5 Å². The van der Waals surface area contributed by atoms with Crippen LogP contribution in [0.15, 0.2) is 73.1 Å². The van der Waals surface area contributed by atoms with Crippen molar-refractivity contribution in [1.82, 2.24) is 9.97 Å². The Morgan fingerprint density at radius 1 is 1.00 bits per heavy atom. The number of aryl methyl sites for hydroxylation is 1. The summed E-state index contributed by atoms with van der Waals surface area (Å²) in [6, 6.07) is 19.8. The quantitative estimate of drug-likeness (QED) is 0.418. The number of pyridine rings is 1. The zero-order valence-corrected chi connectivity index (χ0v) is 16.4. The van der Waals surface area contributed by atoms with Crippen molar-refractivity contribution in [2.24, 2.45) is 0 Å². The minimum atomic E-state index is -0.149. The largest absolute Gasteiger partial charge is 0.370 e. The molecule has 2 aromatic carbocycles. The van der Waals surface area contributed by atoms with Gasteiger partial charge in [0.2, 0.25) is 0 Å². The number of hydrogen-bond acceptors (Lipinski definition) is 3. The Labute approximate surface area is 170 Å². The number of nitrogens with zero attached hydrogens (tertiary/aromatic N) is 1. The highest BCUT2D eigenvalue weighted by Crippen LogP contribution is 2.19. The number of amides is 1.